The monoisotopic (exact) mass is 339 g/mol. The minimum Gasteiger partial charge on any atom is -0.416 e. The standard InChI is InChI=1S/C15H25B2N6Si/c1-4-5-9-12-21-16(2)22(14-10-7-6-8-11-14)24-23(17(21)3)15-18-13-19-20-15/h6-8,10-11,13,24H,4-5,9,12H2,1-3H3,(H,18,19,20). The quantitative estimate of drug-likeness (QED) is 0.646. The summed E-state index contributed by atoms with van der Waals surface area (Å²) in [7, 11) is -0.0979. The molecule has 0 atom stereocenters. The molecular formula is C15H25B2N6Si. The van der Waals surface area contributed by atoms with Gasteiger partial charge in [-0.3, -0.25) is 0 Å². The minimum absolute atomic E-state index is 0.0979. The topological polar surface area (TPSA) is 51.3 Å². The highest BCUT2D eigenvalue weighted by molar-refractivity contribution is 6.92. The molecule has 2 heterocycles. The number of aromatic amines is 1. The maximum Gasteiger partial charge on any atom is 0.324 e. The second kappa shape index (κ2) is 7.89. The van der Waals surface area contributed by atoms with Gasteiger partial charge in [-0.15, -0.1) is 0 Å². The summed E-state index contributed by atoms with van der Waals surface area (Å²) in [5.74, 6) is 0.867. The van der Waals surface area contributed by atoms with Crippen LogP contribution in [0.15, 0.2) is 36.7 Å². The Kier molecular flexibility index (Phi) is 5.62. The number of hydrogen-bond acceptors (Lipinski definition) is 5. The second-order valence-electron chi connectivity index (χ2n) is 6.28. The number of para-hydroxylation sites is 1. The zero-order valence-corrected chi connectivity index (χ0v) is 15.9. The van der Waals surface area contributed by atoms with Gasteiger partial charge in [-0.2, -0.15) is 5.10 Å². The molecule has 0 saturated carbocycles. The van der Waals surface area contributed by atoms with Crippen molar-refractivity contribution in [3.8, 4) is 0 Å². The molecule has 0 unspecified atom stereocenters. The molecule has 0 bridgehead atoms. The van der Waals surface area contributed by atoms with Crippen LogP contribution in [0.3, 0.4) is 0 Å². The van der Waals surface area contributed by atoms with Gasteiger partial charge in [-0.25, -0.2) is 10.1 Å². The Morgan fingerprint density at radius 2 is 1.83 bits per heavy atom. The molecule has 1 aliphatic heterocycles. The Morgan fingerprint density at radius 3 is 2.50 bits per heavy atom. The average Bonchev–Trinajstić information content (AvgIpc) is 3.13. The highest BCUT2D eigenvalue weighted by Gasteiger charge is 2.42. The first-order valence-corrected chi connectivity index (χ1v) is 9.83. The Morgan fingerprint density at radius 1 is 1.08 bits per heavy atom. The fourth-order valence-corrected chi connectivity index (χ4v) is 4.85. The molecule has 125 valence electrons. The van der Waals surface area contributed by atoms with Gasteiger partial charge >= 0.3 is 14.0 Å². The molecular weight excluding hydrogens is 314 g/mol. The van der Waals surface area contributed by atoms with E-state index in [4.69, 9.17) is 0 Å². The molecule has 2 aromatic rings. The number of anilines is 2. The van der Waals surface area contributed by atoms with Crippen molar-refractivity contribution in [1.29, 1.82) is 0 Å². The molecule has 6 nitrogen and oxygen atoms in total. The summed E-state index contributed by atoms with van der Waals surface area (Å²) in [4.78, 5) is 4.40. The van der Waals surface area contributed by atoms with E-state index in [1.807, 2.05) is 0 Å². The number of hydrogen-bond donors (Lipinski definition) is 1. The molecule has 24 heavy (non-hydrogen) atoms. The van der Waals surface area contributed by atoms with E-state index in [1.54, 1.807) is 6.33 Å². The van der Waals surface area contributed by atoms with E-state index >= 15 is 0 Å². The summed E-state index contributed by atoms with van der Waals surface area (Å²) in [5, 5.41) is 7.09. The SMILES string of the molecule is CCCCCN1B(C)N(c2ccccc2)[SiH]N(c2ncn[nH]2)B1C. The number of nitrogens with zero attached hydrogens (tertiary/aromatic N) is 5. The minimum atomic E-state index is -0.0979. The number of aromatic nitrogens is 3. The Balaban J connectivity index is 1.86. The fraction of sp³-hybridized carbons (Fsp3) is 0.467. The lowest BCUT2D eigenvalue weighted by molar-refractivity contribution is 0.570. The highest BCUT2D eigenvalue weighted by Crippen LogP contribution is 2.24. The summed E-state index contributed by atoms with van der Waals surface area (Å²) >= 11 is 0. The first kappa shape index (κ1) is 17.1. The Bertz CT molecular complexity index is 614. The third kappa shape index (κ3) is 3.51. The molecule has 0 aliphatic carbocycles. The molecule has 1 aromatic carbocycles. The van der Waals surface area contributed by atoms with Crippen LogP contribution in [0.2, 0.25) is 13.6 Å². The van der Waals surface area contributed by atoms with Crippen molar-refractivity contribution in [2.75, 3.05) is 15.5 Å². The van der Waals surface area contributed by atoms with E-state index in [1.165, 1.54) is 24.9 Å². The van der Waals surface area contributed by atoms with Crippen molar-refractivity contribution in [1.82, 2.24) is 19.9 Å². The molecule has 1 fully saturated rings. The highest BCUT2D eigenvalue weighted by atomic mass is 28.2. The summed E-state index contributed by atoms with van der Waals surface area (Å²) < 4.78 is 7.45. The lowest BCUT2D eigenvalue weighted by atomic mass is 9.61. The van der Waals surface area contributed by atoms with Gasteiger partial charge in [0.25, 0.3) is 9.84 Å². The van der Waals surface area contributed by atoms with Gasteiger partial charge in [0.05, 0.1) is 0 Å². The van der Waals surface area contributed by atoms with Crippen LogP contribution >= 0.6 is 0 Å². The van der Waals surface area contributed by atoms with Gasteiger partial charge in [0.15, 0.2) is 0 Å². The molecule has 1 aliphatic rings. The van der Waals surface area contributed by atoms with Gasteiger partial charge in [-0.1, -0.05) is 51.6 Å². The molecule has 0 amide bonds. The number of H-pyrrole nitrogens is 1. The third-order valence-corrected chi connectivity index (χ3v) is 6.64. The van der Waals surface area contributed by atoms with E-state index in [0.29, 0.717) is 14.0 Å². The lowest BCUT2D eigenvalue weighted by Crippen LogP contribution is -2.72. The van der Waals surface area contributed by atoms with Crippen LogP contribution in [0.4, 0.5) is 11.6 Å². The summed E-state index contributed by atoms with van der Waals surface area (Å²) in [6.07, 6.45) is 5.34. The van der Waals surface area contributed by atoms with Crippen molar-refractivity contribution in [2.24, 2.45) is 0 Å². The van der Waals surface area contributed by atoms with Crippen molar-refractivity contribution in [3.63, 3.8) is 0 Å². The van der Waals surface area contributed by atoms with Crippen molar-refractivity contribution >= 4 is 35.4 Å². The largest absolute Gasteiger partial charge is 0.416 e. The van der Waals surface area contributed by atoms with Gasteiger partial charge in [0, 0.05) is 5.69 Å². The Labute approximate surface area is 147 Å². The van der Waals surface area contributed by atoms with Crippen LogP contribution in [0.25, 0.3) is 0 Å². The van der Waals surface area contributed by atoms with Crippen molar-refractivity contribution in [3.05, 3.63) is 36.7 Å². The van der Waals surface area contributed by atoms with E-state index in [2.05, 4.69) is 79.8 Å². The molecule has 1 N–H and O–H groups in total. The van der Waals surface area contributed by atoms with E-state index in [-0.39, 0.29) is 9.84 Å². The van der Waals surface area contributed by atoms with Crippen LogP contribution in [-0.4, -0.2) is 50.3 Å². The molecule has 1 aromatic heterocycles. The first-order valence-electron chi connectivity index (χ1n) is 8.80. The molecule has 1 radical (unpaired) electrons. The van der Waals surface area contributed by atoms with Gasteiger partial charge in [0.1, 0.15) is 6.33 Å². The zero-order chi connectivity index (χ0) is 16.9. The van der Waals surface area contributed by atoms with Gasteiger partial charge in [0.2, 0.25) is 5.95 Å². The van der Waals surface area contributed by atoms with Crippen LogP contribution < -0.4 is 8.95 Å². The number of nitrogens with one attached hydrogen (secondary N) is 1. The van der Waals surface area contributed by atoms with Crippen LogP contribution in [0, 0.1) is 0 Å². The molecule has 3 rings (SSSR count). The molecule has 0 spiro atoms. The predicted octanol–water partition coefficient (Wildman–Crippen LogP) is 2.13. The van der Waals surface area contributed by atoms with E-state index < -0.39 is 0 Å². The predicted molar refractivity (Wildman–Crippen MR) is 104 cm³/mol. The molecule has 9 heteroatoms. The maximum absolute atomic E-state index is 4.40. The van der Waals surface area contributed by atoms with Gasteiger partial charge < -0.3 is 13.7 Å². The first-order chi connectivity index (χ1) is 11.7. The van der Waals surface area contributed by atoms with E-state index in [9.17, 15) is 0 Å². The normalized spacial score (nSPS) is 16.1. The summed E-state index contributed by atoms with van der Waals surface area (Å²) in [6, 6.07) is 10.7. The number of benzene rings is 1. The van der Waals surface area contributed by atoms with Gasteiger partial charge in [-0.05, 0) is 25.1 Å². The lowest BCUT2D eigenvalue weighted by Gasteiger charge is -2.49. The molecule has 1 saturated heterocycles. The smallest absolute Gasteiger partial charge is 0.324 e. The fourth-order valence-electron chi connectivity index (χ4n) is 3.31. The van der Waals surface area contributed by atoms with Crippen LogP contribution in [0.1, 0.15) is 26.2 Å². The van der Waals surface area contributed by atoms with E-state index in [0.717, 1.165) is 12.5 Å². The van der Waals surface area contributed by atoms with Crippen LogP contribution in [0.5, 0.6) is 0 Å². The summed E-state index contributed by atoms with van der Waals surface area (Å²) in [5.41, 5.74) is 1.27. The Hall–Kier alpha value is -1.73. The average molecular weight is 339 g/mol. The number of unbranched alkanes of at least 4 members (excludes halogenated alkanes) is 2. The van der Waals surface area contributed by atoms with Crippen molar-refractivity contribution < 1.29 is 0 Å². The number of rotatable bonds is 6. The van der Waals surface area contributed by atoms with Crippen molar-refractivity contribution in [2.45, 2.75) is 39.8 Å². The van der Waals surface area contributed by atoms with Crippen LogP contribution in [-0.2, 0) is 0 Å². The second-order valence-corrected chi connectivity index (χ2v) is 7.63. The zero-order valence-electron chi connectivity index (χ0n) is 14.8. The summed E-state index contributed by atoms with van der Waals surface area (Å²) in [6.45, 7) is 8.65. The maximum atomic E-state index is 4.40. The third-order valence-electron chi connectivity index (χ3n) is 4.73.